The topological polar surface area (TPSA) is 33.5 Å². The van der Waals surface area contributed by atoms with E-state index >= 15 is 0 Å². The van der Waals surface area contributed by atoms with E-state index in [1.54, 1.807) is 6.26 Å². The van der Waals surface area contributed by atoms with E-state index in [0.717, 1.165) is 29.8 Å². The molecule has 1 aliphatic heterocycles. The number of hydrogen-bond acceptors (Lipinski definition) is 4. The van der Waals surface area contributed by atoms with Crippen LogP contribution in [0.4, 0.5) is 0 Å². The van der Waals surface area contributed by atoms with E-state index in [1.165, 1.54) is 12.2 Å². The van der Waals surface area contributed by atoms with Crippen LogP contribution in [0.3, 0.4) is 0 Å². The maximum atomic E-state index is 12.4. The Hall–Kier alpha value is -1.26. The van der Waals surface area contributed by atoms with Crippen LogP contribution in [-0.4, -0.2) is 41.8 Å². The van der Waals surface area contributed by atoms with Crippen LogP contribution in [0.25, 0.3) is 11.0 Å². The number of furan rings is 1. The molecule has 3 nitrogen and oxygen atoms in total. The quantitative estimate of drug-likeness (QED) is 0.806. The molecular formula is C15H17NO2S. The largest absolute Gasteiger partial charge is 0.464 e. The van der Waals surface area contributed by atoms with Crippen molar-refractivity contribution in [2.75, 3.05) is 31.1 Å². The van der Waals surface area contributed by atoms with Crippen LogP contribution in [0, 0.1) is 0 Å². The number of thioether (sulfide) groups is 1. The molecular weight excluding hydrogens is 258 g/mol. The molecule has 0 saturated carbocycles. The zero-order valence-electron chi connectivity index (χ0n) is 10.8. The first-order valence-electron chi connectivity index (χ1n) is 6.64. The summed E-state index contributed by atoms with van der Waals surface area (Å²) in [4.78, 5) is 14.6. The summed E-state index contributed by atoms with van der Waals surface area (Å²) in [5.74, 6) is 2.50. The molecule has 3 rings (SSSR count). The number of fused-ring (bicyclic) bond motifs is 1. The maximum absolute atomic E-state index is 12.4. The fraction of sp³-hybridized carbons (Fsp3) is 0.400. The minimum Gasteiger partial charge on any atom is -0.464 e. The summed E-state index contributed by atoms with van der Waals surface area (Å²) in [5, 5.41) is 0.927. The fourth-order valence-corrected chi connectivity index (χ4v) is 3.36. The number of carbonyl (C=O) groups excluding carboxylic acids is 1. The van der Waals surface area contributed by atoms with Crippen molar-refractivity contribution in [2.45, 2.75) is 6.42 Å². The summed E-state index contributed by atoms with van der Waals surface area (Å²) in [6.07, 6.45) is 2.77. The lowest BCUT2D eigenvalue weighted by atomic mass is 10.1. The SMILES string of the molecule is O=C(CN1CCCSCC1)c1coc2ccccc12. The zero-order chi connectivity index (χ0) is 13.1. The average Bonchev–Trinajstić information content (AvgIpc) is 2.70. The lowest BCUT2D eigenvalue weighted by Gasteiger charge is -2.17. The summed E-state index contributed by atoms with van der Waals surface area (Å²) in [5.41, 5.74) is 1.50. The molecule has 0 unspecified atom stereocenters. The molecule has 100 valence electrons. The van der Waals surface area contributed by atoms with E-state index in [0.29, 0.717) is 12.1 Å². The van der Waals surface area contributed by atoms with Gasteiger partial charge in [0.1, 0.15) is 11.8 Å². The summed E-state index contributed by atoms with van der Waals surface area (Å²) in [6, 6.07) is 7.71. The number of nitrogens with zero attached hydrogens (tertiary/aromatic N) is 1. The molecule has 2 heterocycles. The number of hydrogen-bond donors (Lipinski definition) is 0. The van der Waals surface area contributed by atoms with Crippen molar-refractivity contribution in [3.8, 4) is 0 Å². The maximum Gasteiger partial charge on any atom is 0.180 e. The number of rotatable bonds is 3. The molecule has 1 aromatic carbocycles. The molecule has 0 N–H and O–H groups in total. The molecule has 1 aromatic heterocycles. The van der Waals surface area contributed by atoms with Crippen LogP contribution in [0.5, 0.6) is 0 Å². The Kier molecular flexibility index (Phi) is 3.89. The highest BCUT2D eigenvalue weighted by atomic mass is 32.2. The van der Waals surface area contributed by atoms with Crippen molar-refractivity contribution in [3.05, 3.63) is 36.1 Å². The van der Waals surface area contributed by atoms with Gasteiger partial charge in [-0.2, -0.15) is 11.8 Å². The number of carbonyl (C=O) groups is 1. The van der Waals surface area contributed by atoms with Crippen LogP contribution in [-0.2, 0) is 0 Å². The van der Waals surface area contributed by atoms with E-state index in [-0.39, 0.29) is 5.78 Å². The Bertz CT molecular complexity index is 570. The van der Waals surface area contributed by atoms with Gasteiger partial charge in [0.05, 0.1) is 12.1 Å². The van der Waals surface area contributed by atoms with Gasteiger partial charge in [0.25, 0.3) is 0 Å². The van der Waals surface area contributed by atoms with E-state index < -0.39 is 0 Å². The molecule has 19 heavy (non-hydrogen) atoms. The van der Waals surface area contributed by atoms with Gasteiger partial charge in [-0.25, -0.2) is 0 Å². The zero-order valence-corrected chi connectivity index (χ0v) is 11.6. The lowest BCUT2D eigenvalue weighted by Crippen LogP contribution is -2.31. The van der Waals surface area contributed by atoms with Crippen molar-refractivity contribution in [1.82, 2.24) is 4.90 Å². The second kappa shape index (κ2) is 5.80. The van der Waals surface area contributed by atoms with E-state index in [4.69, 9.17) is 4.42 Å². The van der Waals surface area contributed by atoms with Crippen molar-refractivity contribution < 1.29 is 9.21 Å². The third kappa shape index (κ3) is 2.85. The van der Waals surface area contributed by atoms with Crippen molar-refractivity contribution in [3.63, 3.8) is 0 Å². The molecule has 0 spiro atoms. The highest BCUT2D eigenvalue weighted by Crippen LogP contribution is 2.21. The van der Waals surface area contributed by atoms with Gasteiger partial charge >= 0.3 is 0 Å². The molecule has 2 aromatic rings. The van der Waals surface area contributed by atoms with Gasteiger partial charge in [0, 0.05) is 17.7 Å². The smallest absolute Gasteiger partial charge is 0.180 e. The molecule has 0 atom stereocenters. The van der Waals surface area contributed by atoms with Crippen molar-refractivity contribution in [1.29, 1.82) is 0 Å². The first kappa shape index (κ1) is 12.8. The molecule has 4 heteroatoms. The van der Waals surface area contributed by atoms with Crippen molar-refractivity contribution in [2.24, 2.45) is 0 Å². The van der Waals surface area contributed by atoms with Gasteiger partial charge in [-0.05, 0) is 24.8 Å². The Balaban J connectivity index is 1.76. The van der Waals surface area contributed by atoms with E-state index in [1.807, 2.05) is 36.0 Å². The second-order valence-corrected chi connectivity index (χ2v) is 6.04. The Morgan fingerprint density at radius 1 is 1.26 bits per heavy atom. The Labute approximate surface area is 117 Å². The minimum absolute atomic E-state index is 0.164. The third-order valence-electron chi connectivity index (χ3n) is 3.46. The van der Waals surface area contributed by atoms with Gasteiger partial charge in [0.2, 0.25) is 0 Å². The average molecular weight is 275 g/mol. The first-order valence-corrected chi connectivity index (χ1v) is 7.79. The highest BCUT2D eigenvalue weighted by Gasteiger charge is 2.17. The van der Waals surface area contributed by atoms with E-state index in [9.17, 15) is 4.79 Å². The lowest BCUT2D eigenvalue weighted by molar-refractivity contribution is 0.0936. The van der Waals surface area contributed by atoms with Gasteiger partial charge in [-0.15, -0.1) is 0 Å². The van der Waals surface area contributed by atoms with Crippen LogP contribution < -0.4 is 0 Å². The predicted octanol–water partition coefficient (Wildman–Crippen LogP) is 3.05. The molecule has 0 radical (unpaired) electrons. The van der Waals surface area contributed by atoms with Gasteiger partial charge in [-0.3, -0.25) is 9.69 Å². The normalized spacial score (nSPS) is 17.5. The minimum atomic E-state index is 0.164. The fourth-order valence-electron chi connectivity index (χ4n) is 2.44. The standard InChI is InChI=1S/C15H17NO2S/c17-14(10-16-6-3-8-19-9-7-16)13-11-18-15-5-2-1-4-12(13)15/h1-2,4-5,11H,3,6-10H2. The summed E-state index contributed by atoms with van der Waals surface area (Å²) < 4.78 is 5.44. The summed E-state index contributed by atoms with van der Waals surface area (Å²) >= 11 is 1.98. The number of ketones is 1. The molecule has 1 fully saturated rings. The van der Waals surface area contributed by atoms with E-state index in [2.05, 4.69) is 4.90 Å². The monoisotopic (exact) mass is 275 g/mol. The van der Waals surface area contributed by atoms with Gasteiger partial charge in [-0.1, -0.05) is 18.2 Å². The summed E-state index contributed by atoms with van der Waals surface area (Å²) in [7, 11) is 0. The van der Waals surface area contributed by atoms with Gasteiger partial charge in [0.15, 0.2) is 5.78 Å². The van der Waals surface area contributed by atoms with Crippen LogP contribution in [0.15, 0.2) is 34.9 Å². The van der Waals surface area contributed by atoms with Crippen LogP contribution in [0.1, 0.15) is 16.8 Å². The van der Waals surface area contributed by atoms with Crippen LogP contribution >= 0.6 is 11.8 Å². The molecule has 0 bridgehead atoms. The molecule has 0 amide bonds. The first-order chi connectivity index (χ1) is 9.34. The third-order valence-corrected chi connectivity index (χ3v) is 4.51. The summed E-state index contributed by atoms with van der Waals surface area (Å²) in [6.45, 7) is 2.53. The number of para-hydroxylation sites is 1. The Morgan fingerprint density at radius 2 is 2.16 bits per heavy atom. The predicted molar refractivity (Wildman–Crippen MR) is 78.9 cm³/mol. The second-order valence-electron chi connectivity index (χ2n) is 4.81. The van der Waals surface area contributed by atoms with Gasteiger partial charge < -0.3 is 4.42 Å². The van der Waals surface area contributed by atoms with Crippen molar-refractivity contribution >= 4 is 28.5 Å². The Morgan fingerprint density at radius 3 is 3.11 bits per heavy atom. The highest BCUT2D eigenvalue weighted by molar-refractivity contribution is 7.99. The molecule has 1 aliphatic rings. The molecule has 0 aliphatic carbocycles. The molecule has 1 saturated heterocycles. The van der Waals surface area contributed by atoms with Crippen LogP contribution in [0.2, 0.25) is 0 Å². The number of benzene rings is 1. The number of Topliss-reactive ketones (excluding diaryl/α,β-unsaturated/α-hetero) is 1.